The first-order valence-electron chi connectivity index (χ1n) is 12.9. The number of para-hydroxylation sites is 2. The number of hydrogen-bond donors (Lipinski definition) is 1. The second-order valence-corrected chi connectivity index (χ2v) is 13.2. The molecule has 0 aromatic heterocycles. The number of nitrogens with zero attached hydrogens (tertiary/aromatic N) is 2. The second-order valence-electron chi connectivity index (χ2n) is 10.4. The summed E-state index contributed by atoms with van der Waals surface area (Å²) in [5, 5.41) is 2.92. The minimum absolute atomic E-state index is 0.0333. The van der Waals surface area contributed by atoms with E-state index in [1.807, 2.05) is 45.0 Å². The Morgan fingerprint density at radius 2 is 1.61 bits per heavy atom. The van der Waals surface area contributed by atoms with Crippen LogP contribution >= 0.6 is 15.9 Å². The summed E-state index contributed by atoms with van der Waals surface area (Å²) in [6.07, 6.45) is 0. The third kappa shape index (κ3) is 8.23. The normalized spacial score (nSPS) is 12.3. The number of methoxy groups -OCH3 is 2. The molecule has 0 heterocycles. The molecule has 0 fully saturated rings. The molecule has 2 amide bonds. The van der Waals surface area contributed by atoms with Gasteiger partial charge in [-0.3, -0.25) is 13.9 Å². The van der Waals surface area contributed by atoms with E-state index in [1.54, 1.807) is 31.2 Å². The molecule has 0 bridgehead atoms. The summed E-state index contributed by atoms with van der Waals surface area (Å²) in [6, 6.07) is 18.9. The van der Waals surface area contributed by atoms with Gasteiger partial charge in [0.25, 0.3) is 10.0 Å². The monoisotopic (exact) mass is 645 g/mol. The second kappa shape index (κ2) is 13.4. The lowest BCUT2D eigenvalue weighted by Gasteiger charge is -2.33. The van der Waals surface area contributed by atoms with Crippen molar-refractivity contribution in [1.29, 1.82) is 0 Å². The van der Waals surface area contributed by atoms with E-state index in [9.17, 15) is 18.0 Å². The Balaban J connectivity index is 2.08. The standard InChI is InChI=1S/C30H36BrN3O6S/c1-21(29(36)32-30(2,3)4)33(19-22-10-9-11-23(31)18-22)28(35)20-34(26-12-7-8-13-27(26)40-6)41(37,38)25-16-14-24(39-5)15-17-25/h7-18,21H,19-20H2,1-6H3,(H,32,36)/t21-/m0/s1. The van der Waals surface area contributed by atoms with Crippen molar-refractivity contribution in [3.8, 4) is 11.5 Å². The van der Waals surface area contributed by atoms with Gasteiger partial charge < -0.3 is 19.7 Å². The maximum Gasteiger partial charge on any atom is 0.264 e. The molecule has 220 valence electrons. The van der Waals surface area contributed by atoms with E-state index >= 15 is 0 Å². The third-order valence-electron chi connectivity index (χ3n) is 6.19. The van der Waals surface area contributed by atoms with Gasteiger partial charge in [-0.15, -0.1) is 0 Å². The molecule has 0 aliphatic rings. The average molecular weight is 647 g/mol. The summed E-state index contributed by atoms with van der Waals surface area (Å²) >= 11 is 3.45. The fourth-order valence-electron chi connectivity index (χ4n) is 4.11. The molecule has 41 heavy (non-hydrogen) atoms. The SMILES string of the molecule is COc1ccc(S(=O)(=O)N(CC(=O)N(Cc2cccc(Br)c2)[C@@H](C)C(=O)NC(C)(C)C)c2ccccc2OC)cc1. The molecule has 3 aromatic rings. The Kier molecular flexibility index (Phi) is 10.4. The Hall–Kier alpha value is -3.57. The van der Waals surface area contributed by atoms with Crippen LogP contribution in [-0.4, -0.2) is 57.5 Å². The zero-order valence-corrected chi connectivity index (χ0v) is 26.5. The van der Waals surface area contributed by atoms with Crippen molar-refractivity contribution in [2.24, 2.45) is 0 Å². The third-order valence-corrected chi connectivity index (χ3v) is 8.45. The van der Waals surface area contributed by atoms with Crippen LogP contribution in [-0.2, 0) is 26.2 Å². The van der Waals surface area contributed by atoms with E-state index in [0.717, 1.165) is 14.3 Å². The first kappa shape index (κ1) is 32.0. The van der Waals surface area contributed by atoms with Crippen molar-refractivity contribution in [3.63, 3.8) is 0 Å². The van der Waals surface area contributed by atoms with E-state index in [-0.39, 0.29) is 28.8 Å². The van der Waals surface area contributed by atoms with Gasteiger partial charge in [-0.05, 0) is 81.8 Å². The van der Waals surface area contributed by atoms with Crippen molar-refractivity contribution < 1.29 is 27.5 Å². The molecule has 0 unspecified atom stereocenters. The number of sulfonamides is 1. The smallest absolute Gasteiger partial charge is 0.264 e. The number of benzene rings is 3. The number of hydrogen-bond acceptors (Lipinski definition) is 6. The fraction of sp³-hybridized carbons (Fsp3) is 0.333. The Morgan fingerprint density at radius 3 is 2.20 bits per heavy atom. The molecular formula is C30H36BrN3O6S. The lowest BCUT2D eigenvalue weighted by molar-refractivity contribution is -0.140. The molecule has 0 saturated heterocycles. The summed E-state index contributed by atoms with van der Waals surface area (Å²) in [5.74, 6) is -0.163. The molecule has 9 nitrogen and oxygen atoms in total. The van der Waals surface area contributed by atoms with Gasteiger partial charge in [0.1, 0.15) is 24.1 Å². The maximum atomic E-state index is 14.1. The van der Waals surface area contributed by atoms with Gasteiger partial charge in [0.2, 0.25) is 11.8 Å². The van der Waals surface area contributed by atoms with E-state index in [2.05, 4.69) is 21.2 Å². The van der Waals surface area contributed by atoms with Crippen molar-refractivity contribution in [2.75, 3.05) is 25.1 Å². The topological polar surface area (TPSA) is 105 Å². The van der Waals surface area contributed by atoms with Gasteiger partial charge in [-0.1, -0.05) is 40.2 Å². The highest BCUT2D eigenvalue weighted by Crippen LogP contribution is 2.33. The summed E-state index contributed by atoms with van der Waals surface area (Å²) < 4.78 is 40.5. The maximum absolute atomic E-state index is 14.1. The molecule has 3 rings (SSSR count). The van der Waals surface area contributed by atoms with Crippen molar-refractivity contribution >= 4 is 43.5 Å². The first-order valence-corrected chi connectivity index (χ1v) is 15.2. The first-order chi connectivity index (χ1) is 19.3. The molecular weight excluding hydrogens is 610 g/mol. The van der Waals surface area contributed by atoms with Crippen LogP contribution in [0.4, 0.5) is 5.69 Å². The highest BCUT2D eigenvalue weighted by molar-refractivity contribution is 9.10. The van der Waals surface area contributed by atoms with Gasteiger partial charge >= 0.3 is 0 Å². The zero-order chi connectivity index (χ0) is 30.4. The molecule has 3 aromatic carbocycles. The van der Waals surface area contributed by atoms with Crippen LogP contribution < -0.4 is 19.1 Å². The quantitative estimate of drug-likeness (QED) is 0.315. The van der Waals surface area contributed by atoms with Gasteiger partial charge in [0.15, 0.2) is 0 Å². The molecule has 1 atom stereocenters. The van der Waals surface area contributed by atoms with Crippen molar-refractivity contribution in [3.05, 3.63) is 82.8 Å². The van der Waals surface area contributed by atoms with E-state index in [4.69, 9.17) is 9.47 Å². The fourth-order valence-corrected chi connectivity index (χ4v) is 5.98. The van der Waals surface area contributed by atoms with Crippen molar-refractivity contribution in [2.45, 2.75) is 50.7 Å². The van der Waals surface area contributed by atoms with E-state index < -0.39 is 34.1 Å². The largest absolute Gasteiger partial charge is 0.497 e. The number of carbonyl (C=O) groups is 2. The van der Waals surface area contributed by atoms with E-state index in [0.29, 0.717) is 5.75 Å². The number of ether oxygens (including phenoxy) is 2. The Bertz CT molecular complexity index is 1470. The Morgan fingerprint density at radius 1 is 0.951 bits per heavy atom. The van der Waals surface area contributed by atoms with Crippen LogP contribution in [0.25, 0.3) is 0 Å². The van der Waals surface area contributed by atoms with Crippen LogP contribution in [0.3, 0.4) is 0 Å². The van der Waals surface area contributed by atoms with Crippen LogP contribution in [0, 0.1) is 0 Å². The number of amides is 2. The molecule has 0 spiro atoms. The molecule has 0 radical (unpaired) electrons. The van der Waals surface area contributed by atoms with E-state index in [1.165, 1.54) is 43.4 Å². The molecule has 1 N–H and O–H groups in total. The number of halogens is 1. The van der Waals surface area contributed by atoms with Crippen LogP contribution in [0.5, 0.6) is 11.5 Å². The highest BCUT2D eigenvalue weighted by Gasteiger charge is 2.34. The predicted molar refractivity (Wildman–Crippen MR) is 163 cm³/mol. The molecule has 0 aliphatic carbocycles. The van der Waals surface area contributed by atoms with Gasteiger partial charge in [0, 0.05) is 16.6 Å². The molecule has 0 aliphatic heterocycles. The van der Waals surface area contributed by atoms with Gasteiger partial charge in [-0.2, -0.15) is 0 Å². The van der Waals surface area contributed by atoms with Crippen LogP contribution in [0.2, 0.25) is 0 Å². The molecule has 11 heteroatoms. The Labute approximate surface area is 250 Å². The summed E-state index contributed by atoms with van der Waals surface area (Å²) in [4.78, 5) is 28.6. The molecule has 0 saturated carbocycles. The predicted octanol–water partition coefficient (Wildman–Crippen LogP) is 4.99. The number of nitrogens with one attached hydrogen (secondary N) is 1. The summed E-state index contributed by atoms with van der Waals surface area (Å²) in [6.45, 7) is 6.69. The number of carbonyl (C=O) groups excluding carboxylic acids is 2. The van der Waals surface area contributed by atoms with Crippen molar-refractivity contribution in [1.82, 2.24) is 10.2 Å². The average Bonchev–Trinajstić information content (AvgIpc) is 2.93. The van der Waals surface area contributed by atoms with Crippen LogP contribution in [0.15, 0.2) is 82.2 Å². The minimum Gasteiger partial charge on any atom is -0.497 e. The van der Waals surface area contributed by atoms with Crippen LogP contribution in [0.1, 0.15) is 33.3 Å². The van der Waals surface area contributed by atoms with Gasteiger partial charge in [0.05, 0.1) is 24.8 Å². The summed E-state index contributed by atoms with van der Waals surface area (Å²) in [5.41, 5.74) is 0.426. The van der Waals surface area contributed by atoms with Gasteiger partial charge in [-0.25, -0.2) is 8.42 Å². The minimum atomic E-state index is -4.25. The zero-order valence-electron chi connectivity index (χ0n) is 24.0. The summed E-state index contributed by atoms with van der Waals surface area (Å²) in [7, 11) is -1.34. The number of anilines is 1. The highest BCUT2D eigenvalue weighted by atomic mass is 79.9. The number of rotatable bonds is 11. The lowest BCUT2D eigenvalue weighted by atomic mass is 10.1. The lowest BCUT2D eigenvalue weighted by Crippen LogP contribution is -2.54.